The lowest BCUT2D eigenvalue weighted by Crippen LogP contribution is -2.34. The summed E-state index contributed by atoms with van der Waals surface area (Å²) < 4.78 is 24.1. The van der Waals surface area contributed by atoms with Crippen LogP contribution in [0.2, 0.25) is 0 Å². The number of aliphatic imine (C=N–C) groups is 1. The summed E-state index contributed by atoms with van der Waals surface area (Å²) in [5.74, 6) is -0.120. The monoisotopic (exact) mass is 447 g/mol. The van der Waals surface area contributed by atoms with Gasteiger partial charge in [-0.2, -0.15) is 0 Å². The Morgan fingerprint density at radius 2 is 2.29 bits per heavy atom. The smallest absolute Gasteiger partial charge is 0.190 e. The minimum Gasteiger partial charge on any atom is -0.390 e. The summed E-state index contributed by atoms with van der Waals surface area (Å²) in [6.45, 7) is 2.75. The molecule has 1 aromatic rings. The Morgan fingerprint density at radius 3 is 2.86 bits per heavy atom. The molecule has 0 aliphatic carbocycles. The maximum absolute atomic E-state index is 11.9. The third-order valence-corrected chi connectivity index (χ3v) is 5.81. The van der Waals surface area contributed by atoms with Crippen molar-refractivity contribution in [2.75, 3.05) is 18.8 Å². The lowest BCUT2D eigenvalue weighted by molar-refractivity contribution is 0.206. The normalized spacial score (nSPS) is 13.5. The van der Waals surface area contributed by atoms with Crippen LogP contribution >= 0.6 is 35.3 Å². The van der Waals surface area contributed by atoms with Gasteiger partial charge in [-0.15, -0.1) is 35.3 Å². The number of nitrogens with one attached hydrogen (secondary N) is 1. The number of rotatable bonds is 8. The zero-order valence-electron chi connectivity index (χ0n) is 11.9. The Bertz CT molecular complexity index is 518. The maximum atomic E-state index is 11.9. The standard InChI is InChI=1S/C12H21N3O3S2.HI/c1-2-3-6-14-12(13)15-8-10(16)9-20(17,18)11-5-4-7-19-11;/h4-5,7,10,16H,2-3,6,8-9H2,1H3,(H3,13,14,15);1H. The van der Waals surface area contributed by atoms with Gasteiger partial charge in [0.2, 0.25) is 0 Å². The van der Waals surface area contributed by atoms with Crippen molar-refractivity contribution < 1.29 is 13.5 Å². The van der Waals surface area contributed by atoms with E-state index < -0.39 is 15.9 Å². The second-order valence-electron chi connectivity index (χ2n) is 4.37. The molecular weight excluding hydrogens is 425 g/mol. The third kappa shape index (κ3) is 7.98. The number of nitrogens with two attached hydrogens (primary N) is 1. The summed E-state index contributed by atoms with van der Waals surface area (Å²) in [5.41, 5.74) is 5.60. The molecule has 0 radical (unpaired) electrons. The summed E-state index contributed by atoms with van der Waals surface area (Å²) in [5, 5.41) is 14.3. The lowest BCUT2D eigenvalue weighted by Gasteiger charge is -2.09. The molecule has 0 bridgehead atoms. The van der Waals surface area contributed by atoms with Gasteiger partial charge in [0.1, 0.15) is 4.21 Å². The van der Waals surface area contributed by atoms with Crippen LogP contribution in [-0.4, -0.2) is 44.4 Å². The Kier molecular flexibility index (Phi) is 10.2. The molecule has 0 saturated carbocycles. The van der Waals surface area contributed by atoms with E-state index in [1.54, 1.807) is 11.4 Å². The van der Waals surface area contributed by atoms with Crippen molar-refractivity contribution in [3.63, 3.8) is 0 Å². The van der Waals surface area contributed by atoms with Crippen LogP contribution in [-0.2, 0) is 9.84 Å². The Morgan fingerprint density at radius 1 is 1.57 bits per heavy atom. The minimum atomic E-state index is -3.45. The summed E-state index contributed by atoms with van der Waals surface area (Å²) in [4.78, 5) is 3.93. The molecule has 1 unspecified atom stereocenters. The molecule has 122 valence electrons. The van der Waals surface area contributed by atoms with E-state index in [-0.39, 0.29) is 46.4 Å². The van der Waals surface area contributed by atoms with E-state index in [2.05, 4.69) is 17.2 Å². The highest BCUT2D eigenvalue weighted by atomic mass is 127. The predicted molar refractivity (Wildman–Crippen MR) is 97.2 cm³/mol. The van der Waals surface area contributed by atoms with Crippen LogP contribution in [0.3, 0.4) is 0 Å². The molecule has 6 nitrogen and oxygen atoms in total. The molecule has 1 rings (SSSR count). The summed E-state index contributed by atoms with van der Waals surface area (Å²) in [6, 6.07) is 3.19. The molecule has 21 heavy (non-hydrogen) atoms. The number of aliphatic hydroxyl groups excluding tert-OH is 1. The fraction of sp³-hybridized carbons (Fsp3) is 0.583. The number of unbranched alkanes of at least 4 members (excludes halogenated alkanes) is 1. The van der Waals surface area contributed by atoms with Crippen molar-refractivity contribution in [3.8, 4) is 0 Å². The number of sulfone groups is 1. The van der Waals surface area contributed by atoms with E-state index in [1.165, 1.54) is 6.07 Å². The van der Waals surface area contributed by atoms with Gasteiger partial charge in [0.15, 0.2) is 15.8 Å². The number of halogens is 1. The van der Waals surface area contributed by atoms with Crippen LogP contribution < -0.4 is 11.1 Å². The fourth-order valence-electron chi connectivity index (χ4n) is 1.48. The fourth-order valence-corrected chi connectivity index (χ4v) is 3.95. The van der Waals surface area contributed by atoms with Gasteiger partial charge in [-0.3, -0.25) is 4.99 Å². The average Bonchev–Trinajstić information content (AvgIpc) is 2.91. The van der Waals surface area contributed by atoms with Crippen molar-refractivity contribution in [1.29, 1.82) is 0 Å². The van der Waals surface area contributed by atoms with Crippen LogP contribution in [0.4, 0.5) is 0 Å². The number of guanidine groups is 1. The number of hydrogen-bond acceptors (Lipinski definition) is 5. The molecule has 0 saturated heterocycles. The highest BCUT2D eigenvalue weighted by Gasteiger charge is 2.20. The summed E-state index contributed by atoms with van der Waals surface area (Å²) in [7, 11) is -3.45. The molecule has 0 aliphatic heterocycles. The molecule has 1 aromatic heterocycles. The van der Waals surface area contributed by atoms with E-state index in [4.69, 9.17) is 5.73 Å². The first kappa shape index (κ1) is 20.6. The van der Waals surface area contributed by atoms with E-state index in [0.29, 0.717) is 0 Å². The predicted octanol–water partition coefficient (Wildman–Crippen LogP) is 1.21. The molecule has 0 amide bonds. The highest BCUT2D eigenvalue weighted by molar-refractivity contribution is 14.0. The zero-order chi connectivity index (χ0) is 15.0. The van der Waals surface area contributed by atoms with Gasteiger partial charge in [-0.1, -0.05) is 19.4 Å². The Hall–Kier alpha value is -0.390. The number of thiophene rings is 1. The molecule has 1 atom stereocenters. The van der Waals surface area contributed by atoms with E-state index in [0.717, 1.165) is 30.7 Å². The SMILES string of the molecule is CCCCNC(N)=NCC(O)CS(=O)(=O)c1cccs1.I. The van der Waals surface area contributed by atoms with Crippen LogP contribution in [0, 0.1) is 0 Å². The van der Waals surface area contributed by atoms with Gasteiger partial charge in [-0.25, -0.2) is 8.42 Å². The first-order chi connectivity index (χ1) is 9.45. The third-order valence-electron chi connectivity index (χ3n) is 2.52. The van der Waals surface area contributed by atoms with Gasteiger partial charge in [0.05, 0.1) is 18.4 Å². The van der Waals surface area contributed by atoms with E-state index >= 15 is 0 Å². The van der Waals surface area contributed by atoms with Gasteiger partial charge < -0.3 is 16.2 Å². The first-order valence-electron chi connectivity index (χ1n) is 6.44. The molecular formula is C12H22IN3O3S2. The van der Waals surface area contributed by atoms with Crippen molar-refractivity contribution in [3.05, 3.63) is 17.5 Å². The van der Waals surface area contributed by atoms with Gasteiger partial charge in [0.25, 0.3) is 0 Å². The van der Waals surface area contributed by atoms with Crippen LogP contribution in [0.15, 0.2) is 26.7 Å². The minimum absolute atomic E-state index is 0. The molecule has 0 aliphatic rings. The summed E-state index contributed by atoms with van der Waals surface area (Å²) in [6.07, 6.45) is 0.960. The Balaban J connectivity index is 0.00000400. The molecule has 1 heterocycles. The van der Waals surface area contributed by atoms with Crippen LogP contribution in [0.5, 0.6) is 0 Å². The molecule has 9 heteroatoms. The highest BCUT2D eigenvalue weighted by Crippen LogP contribution is 2.18. The topological polar surface area (TPSA) is 105 Å². The van der Waals surface area contributed by atoms with E-state index in [1.807, 2.05) is 0 Å². The van der Waals surface area contributed by atoms with Crippen molar-refractivity contribution >= 4 is 51.1 Å². The molecule has 0 spiro atoms. The molecule has 0 fully saturated rings. The second kappa shape index (κ2) is 10.4. The van der Waals surface area contributed by atoms with Crippen molar-refractivity contribution in [1.82, 2.24) is 5.32 Å². The lowest BCUT2D eigenvalue weighted by atomic mass is 10.3. The quantitative estimate of drug-likeness (QED) is 0.241. The van der Waals surface area contributed by atoms with Crippen LogP contribution in [0.1, 0.15) is 19.8 Å². The average molecular weight is 447 g/mol. The maximum Gasteiger partial charge on any atom is 0.190 e. The van der Waals surface area contributed by atoms with E-state index in [9.17, 15) is 13.5 Å². The van der Waals surface area contributed by atoms with Gasteiger partial charge >= 0.3 is 0 Å². The Labute approximate surface area is 146 Å². The van der Waals surface area contributed by atoms with Crippen molar-refractivity contribution in [2.45, 2.75) is 30.1 Å². The zero-order valence-corrected chi connectivity index (χ0v) is 15.8. The number of aliphatic hydroxyl groups is 1. The first-order valence-corrected chi connectivity index (χ1v) is 8.97. The second-order valence-corrected chi connectivity index (χ2v) is 7.58. The largest absolute Gasteiger partial charge is 0.390 e. The van der Waals surface area contributed by atoms with Crippen LogP contribution in [0.25, 0.3) is 0 Å². The number of nitrogens with zero attached hydrogens (tertiary/aromatic N) is 1. The van der Waals surface area contributed by atoms with Gasteiger partial charge in [0, 0.05) is 6.54 Å². The van der Waals surface area contributed by atoms with Crippen molar-refractivity contribution in [2.24, 2.45) is 10.7 Å². The number of hydrogen-bond donors (Lipinski definition) is 3. The van der Waals surface area contributed by atoms with Gasteiger partial charge in [-0.05, 0) is 17.9 Å². The molecule has 0 aromatic carbocycles. The summed E-state index contributed by atoms with van der Waals surface area (Å²) >= 11 is 1.14. The molecule has 4 N–H and O–H groups in total.